The number of aromatic nitrogens is 2. The van der Waals surface area contributed by atoms with Gasteiger partial charge in [-0.2, -0.15) is 0 Å². The second-order valence-corrected chi connectivity index (χ2v) is 7.96. The number of hydrogen-bond acceptors (Lipinski definition) is 4. The fraction of sp³-hybridized carbons (Fsp3) is 0.500. The van der Waals surface area contributed by atoms with Crippen molar-refractivity contribution in [3.05, 3.63) is 54.1 Å². The molecule has 0 spiro atoms. The zero-order valence-corrected chi connectivity index (χ0v) is 21.2. The average molecular weight is 542 g/mol. The predicted molar refractivity (Wildman–Crippen MR) is 135 cm³/mol. The number of guanidine groups is 1. The van der Waals surface area contributed by atoms with Gasteiger partial charge in [0.1, 0.15) is 5.60 Å². The first-order chi connectivity index (χ1) is 14.4. The molecule has 0 saturated carbocycles. The minimum absolute atomic E-state index is 0. The standard InChI is InChI=1S/C22H34N6O2.HI/c1-5-24-20(25-10-7-11-26-21(29)30-22(2,3)4)27-15-18-8-6-9-19(14-18)16-28-13-12-23-17-28;/h6,8-9,12-14,17H,5,7,10-11,15-16H2,1-4H3,(H,26,29)(H2,24,25,27);1H. The van der Waals surface area contributed by atoms with Gasteiger partial charge in [0.25, 0.3) is 0 Å². The second kappa shape index (κ2) is 13.9. The van der Waals surface area contributed by atoms with Gasteiger partial charge in [-0.15, -0.1) is 24.0 Å². The molecule has 0 bridgehead atoms. The number of nitrogens with one attached hydrogen (secondary N) is 3. The van der Waals surface area contributed by atoms with Crippen LogP contribution in [-0.2, 0) is 17.8 Å². The first kappa shape index (κ1) is 26.7. The lowest BCUT2D eigenvalue weighted by atomic mass is 10.1. The van der Waals surface area contributed by atoms with Gasteiger partial charge in [-0.3, -0.25) is 0 Å². The average Bonchev–Trinajstić information content (AvgIpc) is 3.17. The van der Waals surface area contributed by atoms with Gasteiger partial charge in [-0.25, -0.2) is 14.8 Å². The molecule has 2 rings (SSSR count). The van der Waals surface area contributed by atoms with Crippen LogP contribution in [0.15, 0.2) is 48.0 Å². The van der Waals surface area contributed by atoms with Gasteiger partial charge in [0.2, 0.25) is 0 Å². The monoisotopic (exact) mass is 542 g/mol. The topological polar surface area (TPSA) is 92.6 Å². The van der Waals surface area contributed by atoms with Gasteiger partial charge in [-0.1, -0.05) is 24.3 Å². The Morgan fingerprint density at radius 3 is 2.58 bits per heavy atom. The number of halogens is 1. The van der Waals surface area contributed by atoms with E-state index in [9.17, 15) is 4.79 Å². The number of alkyl carbamates (subject to hydrolysis) is 1. The first-order valence-electron chi connectivity index (χ1n) is 10.4. The van der Waals surface area contributed by atoms with E-state index in [1.54, 1.807) is 6.20 Å². The molecule has 0 unspecified atom stereocenters. The summed E-state index contributed by atoms with van der Waals surface area (Å²) in [6, 6.07) is 8.40. The molecule has 0 aliphatic rings. The Hall–Kier alpha value is -2.30. The van der Waals surface area contributed by atoms with Gasteiger partial charge in [0.05, 0.1) is 12.9 Å². The lowest BCUT2D eigenvalue weighted by molar-refractivity contribution is 0.0527. The molecule has 1 amide bonds. The molecule has 0 saturated heterocycles. The highest BCUT2D eigenvalue weighted by molar-refractivity contribution is 14.0. The molecule has 3 N–H and O–H groups in total. The minimum atomic E-state index is -0.483. The zero-order chi connectivity index (χ0) is 21.8. The Labute approximate surface area is 202 Å². The summed E-state index contributed by atoms with van der Waals surface area (Å²) in [7, 11) is 0. The highest BCUT2D eigenvalue weighted by Gasteiger charge is 2.15. The van der Waals surface area contributed by atoms with Gasteiger partial charge >= 0.3 is 6.09 Å². The Morgan fingerprint density at radius 2 is 1.90 bits per heavy atom. The number of ether oxygens (including phenoxy) is 1. The van der Waals surface area contributed by atoms with E-state index in [2.05, 4.69) is 50.2 Å². The van der Waals surface area contributed by atoms with Gasteiger partial charge in [-0.05, 0) is 45.2 Å². The Balaban J connectivity index is 0.00000480. The molecule has 0 atom stereocenters. The van der Waals surface area contributed by atoms with E-state index >= 15 is 0 Å². The Bertz CT molecular complexity index is 803. The maximum Gasteiger partial charge on any atom is 0.407 e. The van der Waals surface area contributed by atoms with E-state index < -0.39 is 11.7 Å². The summed E-state index contributed by atoms with van der Waals surface area (Å²) in [6.45, 7) is 11.0. The summed E-state index contributed by atoms with van der Waals surface area (Å²) in [6.07, 6.45) is 5.93. The van der Waals surface area contributed by atoms with Gasteiger partial charge < -0.3 is 25.3 Å². The third-order valence-corrected chi connectivity index (χ3v) is 3.99. The van der Waals surface area contributed by atoms with E-state index in [0.717, 1.165) is 31.0 Å². The van der Waals surface area contributed by atoms with Crippen molar-refractivity contribution in [2.45, 2.75) is 52.8 Å². The van der Waals surface area contributed by atoms with Crippen molar-refractivity contribution in [3.8, 4) is 0 Å². The lowest BCUT2D eigenvalue weighted by Crippen LogP contribution is -2.39. The zero-order valence-electron chi connectivity index (χ0n) is 18.9. The van der Waals surface area contributed by atoms with Gasteiger partial charge in [0, 0.05) is 38.6 Å². The molecule has 2 aromatic rings. The Morgan fingerprint density at radius 1 is 1.16 bits per heavy atom. The van der Waals surface area contributed by atoms with Crippen LogP contribution in [0.3, 0.4) is 0 Å². The van der Waals surface area contributed by atoms with Crippen LogP contribution >= 0.6 is 24.0 Å². The molecule has 0 radical (unpaired) electrons. The fourth-order valence-corrected chi connectivity index (χ4v) is 2.73. The third kappa shape index (κ3) is 11.6. The van der Waals surface area contributed by atoms with E-state index in [1.165, 1.54) is 5.56 Å². The molecule has 1 aromatic heterocycles. The molecule has 31 heavy (non-hydrogen) atoms. The summed E-state index contributed by atoms with van der Waals surface area (Å²) in [5.41, 5.74) is 1.88. The molecule has 1 aromatic carbocycles. The van der Waals surface area contributed by atoms with Crippen LogP contribution in [0.5, 0.6) is 0 Å². The van der Waals surface area contributed by atoms with Crippen molar-refractivity contribution in [3.63, 3.8) is 0 Å². The van der Waals surface area contributed by atoms with Crippen molar-refractivity contribution < 1.29 is 9.53 Å². The van der Waals surface area contributed by atoms with E-state index in [-0.39, 0.29) is 24.0 Å². The highest BCUT2D eigenvalue weighted by Crippen LogP contribution is 2.09. The molecule has 0 aliphatic carbocycles. The summed E-state index contributed by atoms with van der Waals surface area (Å²) in [5, 5.41) is 9.31. The molecular formula is C22H35IN6O2. The predicted octanol–water partition coefficient (Wildman–Crippen LogP) is 3.52. The number of carbonyl (C=O) groups excluding carboxylic acids is 1. The number of hydrogen-bond donors (Lipinski definition) is 3. The number of imidazole rings is 1. The second-order valence-electron chi connectivity index (χ2n) is 7.96. The number of carbonyl (C=O) groups is 1. The smallest absolute Gasteiger partial charge is 0.407 e. The van der Waals surface area contributed by atoms with E-state index in [0.29, 0.717) is 19.6 Å². The molecule has 172 valence electrons. The van der Waals surface area contributed by atoms with Crippen molar-refractivity contribution in [1.82, 2.24) is 25.5 Å². The number of amides is 1. The largest absolute Gasteiger partial charge is 0.444 e. The molecule has 9 heteroatoms. The van der Waals surface area contributed by atoms with Crippen LogP contribution in [0.2, 0.25) is 0 Å². The summed E-state index contributed by atoms with van der Waals surface area (Å²) < 4.78 is 7.26. The lowest BCUT2D eigenvalue weighted by Gasteiger charge is -2.19. The highest BCUT2D eigenvalue weighted by atomic mass is 127. The third-order valence-electron chi connectivity index (χ3n) is 3.99. The van der Waals surface area contributed by atoms with E-state index in [4.69, 9.17) is 4.74 Å². The minimum Gasteiger partial charge on any atom is -0.444 e. The molecule has 0 aliphatic heterocycles. The van der Waals surface area contributed by atoms with Crippen LogP contribution in [-0.4, -0.2) is 46.8 Å². The summed E-state index contributed by atoms with van der Waals surface area (Å²) in [4.78, 5) is 20.4. The van der Waals surface area contributed by atoms with Crippen LogP contribution < -0.4 is 16.0 Å². The van der Waals surface area contributed by atoms with Crippen LogP contribution in [0, 0.1) is 0 Å². The molecule has 1 heterocycles. The number of aliphatic imine (C=N–C) groups is 1. The fourth-order valence-electron chi connectivity index (χ4n) is 2.73. The first-order valence-corrected chi connectivity index (χ1v) is 10.4. The van der Waals surface area contributed by atoms with Gasteiger partial charge in [0.15, 0.2) is 5.96 Å². The summed E-state index contributed by atoms with van der Waals surface area (Å²) >= 11 is 0. The van der Waals surface area contributed by atoms with E-state index in [1.807, 2.05) is 44.8 Å². The normalized spacial score (nSPS) is 11.4. The molecular weight excluding hydrogens is 507 g/mol. The SMILES string of the molecule is CCNC(=NCc1cccc(Cn2ccnc2)c1)NCCCNC(=O)OC(C)(C)C.I. The maximum absolute atomic E-state index is 11.7. The van der Waals surface area contributed by atoms with Crippen molar-refractivity contribution in [2.75, 3.05) is 19.6 Å². The molecule has 0 fully saturated rings. The van der Waals surface area contributed by atoms with Crippen molar-refractivity contribution in [1.29, 1.82) is 0 Å². The van der Waals surface area contributed by atoms with Crippen LogP contribution in [0.4, 0.5) is 4.79 Å². The van der Waals surface area contributed by atoms with Crippen LogP contribution in [0.1, 0.15) is 45.2 Å². The van der Waals surface area contributed by atoms with Crippen LogP contribution in [0.25, 0.3) is 0 Å². The molecule has 8 nitrogen and oxygen atoms in total. The maximum atomic E-state index is 11.7. The number of rotatable bonds is 9. The van der Waals surface area contributed by atoms with Crippen molar-refractivity contribution >= 4 is 36.0 Å². The van der Waals surface area contributed by atoms with Crippen molar-refractivity contribution in [2.24, 2.45) is 4.99 Å². The summed E-state index contributed by atoms with van der Waals surface area (Å²) in [5.74, 6) is 0.759. The number of nitrogens with zero attached hydrogens (tertiary/aromatic N) is 3. The Kier molecular flexibility index (Phi) is 12.0. The quantitative estimate of drug-likeness (QED) is 0.195. The number of benzene rings is 1.